The van der Waals surface area contributed by atoms with E-state index in [1.54, 1.807) is 60.7 Å². The standard InChI is InChI=1S/C30H26ClN3O3S/c1-4-37-26-15-12-22(31)16-21(26)17-27-29(36)34(24-8-6-5-7-9-24)30(38-27)25(18-32)28(35)33-23-13-10-20(11-14-23)19(2)3/h5-17,19H,4H2,1-3H3,(H,33,35). The number of halogens is 1. The highest BCUT2D eigenvalue weighted by Crippen LogP contribution is 2.23. The zero-order chi connectivity index (χ0) is 27.2. The molecular formula is C30H26ClN3O3S. The lowest BCUT2D eigenvalue weighted by Gasteiger charge is -2.08. The molecule has 0 bridgehead atoms. The molecule has 0 unspecified atom stereocenters. The third kappa shape index (κ3) is 5.88. The van der Waals surface area contributed by atoms with Crippen LogP contribution in [0.3, 0.4) is 0 Å². The van der Waals surface area contributed by atoms with Crippen LogP contribution in [0.1, 0.15) is 37.8 Å². The number of hydrogen-bond donors (Lipinski definition) is 1. The third-order valence-electron chi connectivity index (χ3n) is 5.78. The molecule has 0 saturated carbocycles. The van der Waals surface area contributed by atoms with E-state index in [1.165, 1.54) is 4.57 Å². The van der Waals surface area contributed by atoms with Gasteiger partial charge in [-0.15, -0.1) is 11.3 Å². The first-order valence-electron chi connectivity index (χ1n) is 12.1. The van der Waals surface area contributed by atoms with Crippen LogP contribution in [-0.2, 0) is 4.79 Å². The number of para-hydroxylation sites is 1. The van der Waals surface area contributed by atoms with Gasteiger partial charge in [-0.25, -0.2) is 0 Å². The third-order valence-corrected chi connectivity index (χ3v) is 7.11. The van der Waals surface area contributed by atoms with Crippen molar-refractivity contribution in [2.45, 2.75) is 26.7 Å². The van der Waals surface area contributed by atoms with Gasteiger partial charge < -0.3 is 10.1 Å². The van der Waals surface area contributed by atoms with Crippen molar-refractivity contribution in [1.29, 1.82) is 5.26 Å². The lowest BCUT2D eigenvalue weighted by atomic mass is 10.0. The molecule has 1 heterocycles. The first-order chi connectivity index (χ1) is 18.3. The number of rotatable bonds is 7. The predicted molar refractivity (Wildman–Crippen MR) is 154 cm³/mol. The Kier molecular flexibility index (Phi) is 8.47. The molecule has 0 spiro atoms. The van der Waals surface area contributed by atoms with E-state index in [0.717, 1.165) is 16.9 Å². The predicted octanol–water partition coefficient (Wildman–Crippen LogP) is 5.22. The summed E-state index contributed by atoms with van der Waals surface area (Å²) < 4.78 is 7.65. The molecule has 0 radical (unpaired) electrons. The highest BCUT2D eigenvalue weighted by Gasteiger charge is 2.18. The quantitative estimate of drug-likeness (QED) is 0.346. The molecule has 1 aromatic heterocycles. The first kappa shape index (κ1) is 26.9. The molecule has 6 nitrogen and oxygen atoms in total. The lowest BCUT2D eigenvalue weighted by molar-refractivity contribution is -0.111. The molecule has 0 aliphatic heterocycles. The van der Waals surface area contributed by atoms with E-state index < -0.39 is 5.91 Å². The van der Waals surface area contributed by atoms with Crippen LogP contribution in [0.4, 0.5) is 5.69 Å². The van der Waals surface area contributed by atoms with Crippen LogP contribution in [0.2, 0.25) is 5.02 Å². The normalized spacial score (nSPS) is 12.3. The summed E-state index contributed by atoms with van der Waals surface area (Å²) in [6.07, 6.45) is 1.67. The summed E-state index contributed by atoms with van der Waals surface area (Å²) in [6.45, 7) is 6.48. The average molecular weight is 544 g/mol. The summed E-state index contributed by atoms with van der Waals surface area (Å²) in [6, 6.07) is 23.6. The minimum Gasteiger partial charge on any atom is -0.493 e. The van der Waals surface area contributed by atoms with Gasteiger partial charge >= 0.3 is 0 Å². The Hall–Kier alpha value is -4.12. The van der Waals surface area contributed by atoms with E-state index in [2.05, 4.69) is 19.2 Å². The Labute approximate surface area is 229 Å². The van der Waals surface area contributed by atoms with Gasteiger partial charge in [0.1, 0.15) is 16.5 Å². The molecular weight excluding hydrogens is 518 g/mol. The van der Waals surface area contributed by atoms with Gasteiger partial charge in [-0.05, 0) is 66.9 Å². The van der Waals surface area contributed by atoms with Gasteiger partial charge in [-0.1, -0.05) is 55.8 Å². The second-order valence-electron chi connectivity index (χ2n) is 8.72. The maximum absolute atomic E-state index is 13.7. The molecule has 8 heteroatoms. The molecule has 0 aliphatic carbocycles. The van der Waals surface area contributed by atoms with Crippen LogP contribution in [-0.4, -0.2) is 17.1 Å². The van der Waals surface area contributed by atoms with Crippen molar-refractivity contribution >= 4 is 46.2 Å². The molecule has 3 aromatic carbocycles. The van der Waals surface area contributed by atoms with Crippen molar-refractivity contribution in [1.82, 2.24) is 4.57 Å². The molecule has 1 amide bonds. The van der Waals surface area contributed by atoms with Crippen molar-refractivity contribution < 1.29 is 9.53 Å². The number of carbonyl (C=O) groups is 1. The number of nitrogens with zero attached hydrogens (tertiary/aromatic N) is 2. The van der Waals surface area contributed by atoms with Crippen molar-refractivity contribution in [2.75, 3.05) is 11.9 Å². The average Bonchev–Trinajstić information content (AvgIpc) is 3.22. The molecule has 192 valence electrons. The number of thiazole rings is 1. The highest BCUT2D eigenvalue weighted by atomic mass is 35.5. The fraction of sp³-hybridized carbons (Fsp3) is 0.167. The molecule has 1 N–H and O–H groups in total. The number of nitriles is 1. The molecule has 0 saturated heterocycles. The van der Waals surface area contributed by atoms with E-state index >= 15 is 0 Å². The van der Waals surface area contributed by atoms with E-state index in [4.69, 9.17) is 16.3 Å². The number of ether oxygens (including phenoxy) is 1. The van der Waals surface area contributed by atoms with E-state index in [-0.39, 0.29) is 15.8 Å². The number of nitrogens with one attached hydrogen (secondary N) is 1. The van der Waals surface area contributed by atoms with E-state index in [1.807, 2.05) is 31.2 Å². The zero-order valence-corrected chi connectivity index (χ0v) is 22.8. The fourth-order valence-electron chi connectivity index (χ4n) is 3.86. The largest absolute Gasteiger partial charge is 0.493 e. The molecule has 38 heavy (non-hydrogen) atoms. The van der Waals surface area contributed by atoms with Crippen molar-refractivity contribution in [3.63, 3.8) is 0 Å². The van der Waals surface area contributed by atoms with Crippen LogP contribution in [0.5, 0.6) is 5.75 Å². The molecule has 4 aromatic rings. The number of amides is 1. The van der Waals surface area contributed by atoms with Gasteiger partial charge in [0.2, 0.25) is 0 Å². The van der Waals surface area contributed by atoms with E-state index in [0.29, 0.717) is 44.8 Å². The summed E-state index contributed by atoms with van der Waals surface area (Å²) in [4.78, 5) is 26.9. The minimum atomic E-state index is -0.597. The van der Waals surface area contributed by atoms with Crippen LogP contribution in [0.15, 0.2) is 77.6 Å². The Bertz CT molecular complexity index is 1680. The monoisotopic (exact) mass is 543 g/mol. The Morgan fingerprint density at radius 2 is 1.84 bits per heavy atom. The molecule has 0 atom stereocenters. The van der Waals surface area contributed by atoms with Crippen molar-refractivity contribution in [2.24, 2.45) is 0 Å². The Balaban J connectivity index is 1.91. The maximum atomic E-state index is 13.7. The number of benzene rings is 3. The summed E-state index contributed by atoms with van der Waals surface area (Å²) >= 11 is 7.28. The lowest BCUT2D eigenvalue weighted by Crippen LogP contribution is -2.32. The highest BCUT2D eigenvalue weighted by molar-refractivity contribution is 7.07. The first-order valence-corrected chi connectivity index (χ1v) is 13.3. The SMILES string of the molecule is CCOc1ccc(Cl)cc1C=c1sc(=C(C#N)C(=O)Nc2ccc(C(C)C)cc2)n(-c2ccccc2)c1=O. The van der Waals surface area contributed by atoms with Crippen LogP contribution in [0.25, 0.3) is 17.3 Å². The van der Waals surface area contributed by atoms with Gasteiger partial charge in [-0.3, -0.25) is 14.2 Å². The summed E-state index contributed by atoms with van der Waals surface area (Å²) in [5, 5.41) is 13.3. The fourth-order valence-corrected chi connectivity index (χ4v) is 5.14. The van der Waals surface area contributed by atoms with Crippen molar-refractivity contribution in [3.05, 3.63) is 108 Å². The molecule has 0 fully saturated rings. The van der Waals surface area contributed by atoms with Gasteiger partial charge in [0.05, 0.1) is 16.8 Å². The van der Waals surface area contributed by atoms with Crippen molar-refractivity contribution in [3.8, 4) is 17.5 Å². The van der Waals surface area contributed by atoms with Crippen LogP contribution in [0, 0.1) is 11.3 Å². The van der Waals surface area contributed by atoms with Gasteiger partial charge in [0.25, 0.3) is 11.5 Å². The second-order valence-corrected chi connectivity index (χ2v) is 10.2. The molecule has 4 rings (SSSR count). The smallest absolute Gasteiger partial charge is 0.273 e. The maximum Gasteiger partial charge on any atom is 0.273 e. The van der Waals surface area contributed by atoms with Gasteiger partial charge in [-0.2, -0.15) is 5.26 Å². The molecule has 0 aliphatic rings. The summed E-state index contributed by atoms with van der Waals surface area (Å²) in [5.74, 6) is 0.328. The number of carbonyl (C=O) groups excluding carboxylic acids is 1. The zero-order valence-electron chi connectivity index (χ0n) is 21.2. The topological polar surface area (TPSA) is 84.1 Å². The number of hydrogen-bond acceptors (Lipinski definition) is 5. The Morgan fingerprint density at radius 3 is 2.47 bits per heavy atom. The Morgan fingerprint density at radius 1 is 1.13 bits per heavy atom. The van der Waals surface area contributed by atoms with Crippen LogP contribution >= 0.6 is 22.9 Å². The van der Waals surface area contributed by atoms with E-state index in [9.17, 15) is 14.9 Å². The van der Waals surface area contributed by atoms with Gasteiger partial charge in [0, 0.05) is 16.3 Å². The number of anilines is 1. The summed E-state index contributed by atoms with van der Waals surface area (Å²) in [5.41, 5.74) is 2.33. The minimum absolute atomic E-state index is 0.167. The second kappa shape index (κ2) is 12.0. The summed E-state index contributed by atoms with van der Waals surface area (Å²) in [7, 11) is 0. The van der Waals surface area contributed by atoms with Gasteiger partial charge in [0.15, 0.2) is 5.57 Å². The number of aromatic nitrogens is 1. The van der Waals surface area contributed by atoms with Crippen LogP contribution < -0.4 is 24.8 Å².